The normalized spacial score (nSPS) is 11.9. The Labute approximate surface area is 273 Å². The van der Waals surface area contributed by atoms with Crippen LogP contribution in [-0.4, -0.2) is 75.4 Å². The maximum atomic E-state index is 11.0. The van der Waals surface area contributed by atoms with Crippen LogP contribution < -0.4 is 25.7 Å². The average Bonchev–Trinajstić information content (AvgIpc) is 3.84. The molecule has 6 rings (SSSR count). The van der Waals surface area contributed by atoms with E-state index in [0.717, 1.165) is 38.9 Å². The highest BCUT2D eigenvalue weighted by atomic mass is 16.6. The highest BCUT2D eigenvalue weighted by Crippen LogP contribution is 2.35. The highest BCUT2D eigenvalue weighted by Gasteiger charge is 2.22. The lowest BCUT2D eigenvalue weighted by Gasteiger charge is -2.07. The molecule has 0 saturated heterocycles. The first-order chi connectivity index (χ1) is 23.0. The van der Waals surface area contributed by atoms with Gasteiger partial charge in [-0.05, 0) is 47.5 Å². The van der Waals surface area contributed by atoms with Crippen LogP contribution in [0.4, 0.5) is 5.69 Å². The molecule has 15 heteroatoms. The molecule has 6 aromatic rings. The van der Waals surface area contributed by atoms with Crippen LogP contribution in [0.25, 0.3) is 32.7 Å². The largest absolute Gasteiger partial charge is 0.496 e. The summed E-state index contributed by atoms with van der Waals surface area (Å²) in [7, 11) is 4.71. The standard InChI is InChI=1S/C12H13N3O5.C12H14N2O3.C9H9NO/c1-20-9-3-2-8(15(18)19)11-10(9)6(5-14-11)4-7(13)12(16)17;1-17-10-4-2-3-9-11(10)7(6-14-9)5-8(13)12(15)16;1-11-9-4-2-3-8-7(9)5-6-10-8/h2-3,5,7,14H,4,13H2,1H3,(H,16,17);2-4,6,8,14H,5,13H2,1H3,(H,15,16);2-6,10H,1H3/t7-;8-;/m00./s1. The lowest BCUT2D eigenvalue weighted by atomic mass is 10.0. The molecule has 252 valence electrons. The summed E-state index contributed by atoms with van der Waals surface area (Å²) in [4.78, 5) is 41.0. The zero-order chi connectivity index (χ0) is 35.0. The highest BCUT2D eigenvalue weighted by molar-refractivity contribution is 5.96. The molecule has 9 N–H and O–H groups in total. The van der Waals surface area contributed by atoms with E-state index < -0.39 is 28.9 Å². The van der Waals surface area contributed by atoms with Crippen molar-refractivity contribution in [3.05, 3.63) is 94.4 Å². The predicted octanol–water partition coefficient (Wildman–Crippen LogP) is 4.35. The van der Waals surface area contributed by atoms with Crippen molar-refractivity contribution >= 4 is 50.3 Å². The Kier molecular flexibility index (Phi) is 11.2. The number of methoxy groups -OCH3 is 3. The smallest absolute Gasteiger partial charge is 0.320 e. The van der Waals surface area contributed by atoms with Crippen LogP contribution in [0.5, 0.6) is 17.2 Å². The van der Waals surface area contributed by atoms with Crippen molar-refractivity contribution < 1.29 is 38.9 Å². The molecule has 15 nitrogen and oxygen atoms in total. The van der Waals surface area contributed by atoms with Gasteiger partial charge < -0.3 is 50.8 Å². The summed E-state index contributed by atoms with van der Waals surface area (Å²) in [5.74, 6) is -0.0717. The van der Waals surface area contributed by atoms with Crippen LogP contribution in [0, 0.1) is 10.1 Å². The number of aliphatic carboxylic acids is 2. The lowest BCUT2D eigenvalue weighted by Crippen LogP contribution is -2.32. The molecular formula is C33H36N6O9. The Hall–Kier alpha value is -6.06. The molecule has 0 bridgehead atoms. The van der Waals surface area contributed by atoms with E-state index in [2.05, 4.69) is 15.0 Å². The van der Waals surface area contributed by atoms with Gasteiger partial charge in [-0.15, -0.1) is 0 Å². The summed E-state index contributed by atoms with van der Waals surface area (Å²) >= 11 is 0. The zero-order valence-corrected chi connectivity index (χ0v) is 26.4. The van der Waals surface area contributed by atoms with E-state index in [9.17, 15) is 19.7 Å². The second kappa shape index (κ2) is 15.5. The Bertz CT molecular complexity index is 2050. The van der Waals surface area contributed by atoms with E-state index in [1.54, 1.807) is 20.4 Å². The Morgan fingerprint density at radius 1 is 0.750 bits per heavy atom. The van der Waals surface area contributed by atoms with Crippen LogP contribution in [0.15, 0.2) is 73.2 Å². The fourth-order valence-corrected chi connectivity index (χ4v) is 5.19. The van der Waals surface area contributed by atoms with Gasteiger partial charge in [0.2, 0.25) is 0 Å². The number of nitro benzene ring substituents is 1. The number of benzene rings is 3. The zero-order valence-electron chi connectivity index (χ0n) is 26.4. The van der Waals surface area contributed by atoms with Gasteiger partial charge in [-0.1, -0.05) is 12.1 Å². The Morgan fingerprint density at radius 2 is 1.29 bits per heavy atom. The number of carboxylic acids is 2. The van der Waals surface area contributed by atoms with Crippen LogP contribution in [-0.2, 0) is 22.4 Å². The molecule has 0 amide bonds. The van der Waals surface area contributed by atoms with Crippen molar-refractivity contribution in [2.45, 2.75) is 24.9 Å². The number of carboxylic acid groups (broad SMARTS) is 2. The molecule has 3 aromatic heterocycles. The summed E-state index contributed by atoms with van der Waals surface area (Å²) in [6.45, 7) is 0. The number of H-pyrrole nitrogens is 3. The fourth-order valence-electron chi connectivity index (χ4n) is 5.19. The van der Waals surface area contributed by atoms with Gasteiger partial charge in [-0.25, -0.2) is 0 Å². The minimum atomic E-state index is -1.14. The molecule has 3 heterocycles. The van der Waals surface area contributed by atoms with Gasteiger partial charge in [-0.2, -0.15) is 0 Å². The number of hydrogen-bond donors (Lipinski definition) is 7. The molecule has 0 aliphatic carbocycles. The van der Waals surface area contributed by atoms with Crippen LogP contribution in [0.3, 0.4) is 0 Å². The number of nitrogens with two attached hydrogens (primary N) is 2. The van der Waals surface area contributed by atoms with Gasteiger partial charge in [0.25, 0.3) is 5.69 Å². The van der Waals surface area contributed by atoms with Crippen molar-refractivity contribution in [1.29, 1.82) is 0 Å². The molecule has 48 heavy (non-hydrogen) atoms. The van der Waals surface area contributed by atoms with Crippen molar-refractivity contribution in [2.24, 2.45) is 11.5 Å². The number of aromatic nitrogens is 3. The molecule has 0 fully saturated rings. The number of carbonyl (C=O) groups is 2. The van der Waals surface area contributed by atoms with Gasteiger partial charge >= 0.3 is 11.9 Å². The fraction of sp³-hybridized carbons (Fsp3) is 0.212. The summed E-state index contributed by atoms with van der Waals surface area (Å²) in [5, 5.41) is 31.2. The third kappa shape index (κ3) is 7.66. The van der Waals surface area contributed by atoms with E-state index in [4.69, 9.17) is 35.9 Å². The van der Waals surface area contributed by atoms with Crippen LogP contribution in [0.1, 0.15) is 11.1 Å². The van der Waals surface area contributed by atoms with Gasteiger partial charge in [-0.3, -0.25) is 19.7 Å². The number of nitro groups is 1. The Balaban J connectivity index is 0.000000169. The van der Waals surface area contributed by atoms with E-state index in [1.165, 1.54) is 25.4 Å². The second-order valence-corrected chi connectivity index (χ2v) is 10.5. The quantitative estimate of drug-likeness (QED) is 0.0804. The van der Waals surface area contributed by atoms with Crippen LogP contribution in [0.2, 0.25) is 0 Å². The number of nitrogens with one attached hydrogen (secondary N) is 3. The first-order valence-electron chi connectivity index (χ1n) is 14.5. The molecule has 0 unspecified atom stereocenters. The molecule has 0 saturated carbocycles. The minimum absolute atomic E-state index is 0.0485. The molecule has 0 aliphatic rings. The summed E-state index contributed by atoms with van der Waals surface area (Å²) in [6.07, 6.45) is 5.52. The molecule has 0 radical (unpaired) electrons. The molecule has 2 atom stereocenters. The third-order valence-electron chi connectivity index (χ3n) is 7.53. The molecule has 0 spiro atoms. The number of rotatable bonds is 10. The minimum Gasteiger partial charge on any atom is -0.496 e. The van der Waals surface area contributed by atoms with Crippen molar-refractivity contribution in [3.63, 3.8) is 0 Å². The summed E-state index contributed by atoms with van der Waals surface area (Å²) in [5.41, 5.74) is 14.7. The number of nitrogens with zero attached hydrogens (tertiary/aromatic N) is 1. The summed E-state index contributed by atoms with van der Waals surface area (Å²) < 4.78 is 15.6. The molecular weight excluding hydrogens is 624 g/mol. The lowest BCUT2D eigenvalue weighted by molar-refractivity contribution is -0.383. The van der Waals surface area contributed by atoms with Crippen LogP contribution >= 0.6 is 0 Å². The van der Waals surface area contributed by atoms with E-state index in [0.29, 0.717) is 22.2 Å². The van der Waals surface area contributed by atoms with Crippen molar-refractivity contribution in [1.82, 2.24) is 15.0 Å². The molecule has 3 aromatic carbocycles. The van der Waals surface area contributed by atoms with Crippen molar-refractivity contribution in [3.8, 4) is 17.2 Å². The Morgan fingerprint density at radius 3 is 1.88 bits per heavy atom. The number of ether oxygens (including phenoxy) is 3. The monoisotopic (exact) mass is 660 g/mol. The first kappa shape index (κ1) is 34.8. The topological polar surface area (TPSA) is 245 Å². The number of aromatic amines is 3. The first-order valence-corrected chi connectivity index (χ1v) is 14.5. The van der Waals surface area contributed by atoms with Gasteiger partial charge in [0, 0.05) is 59.3 Å². The van der Waals surface area contributed by atoms with Gasteiger partial charge in [0.1, 0.15) is 34.8 Å². The number of hydrogen-bond acceptors (Lipinski definition) is 9. The maximum absolute atomic E-state index is 11.0. The molecule has 0 aliphatic heterocycles. The third-order valence-corrected chi connectivity index (χ3v) is 7.53. The van der Waals surface area contributed by atoms with Gasteiger partial charge in [0.05, 0.1) is 31.6 Å². The van der Waals surface area contributed by atoms with Crippen molar-refractivity contribution in [2.75, 3.05) is 21.3 Å². The average molecular weight is 661 g/mol. The number of fused-ring (bicyclic) bond motifs is 3. The second-order valence-electron chi connectivity index (χ2n) is 10.5. The number of non-ortho nitro benzene ring substituents is 1. The van der Waals surface area contributed by atoms with E-state index in [1.807, 2.05) is 48.7 Å². The van der Waals surface area contributed by atoms with E-state index in [-0.39, 0.29) is 18.5 Å². The summed E-state index contributed by atoms with van der Waals surface area (Å²) in [6, 6.07) is 14.4. The SMILES string of the molecule is COc1ccc([N+](=O)[O-])c2[nH]cc(C[C@H](N)C(=O)O)c12.COc1cccc2[nH]cc(C[C@H](N)C(=O)O)c12.COc1cccc2[nH]ccc12. The maximum Gasteiger partial charge on any atom is 0.320 e. The van der Waals surface area contributed by atoms with E-state index >= 15 is 0 Å². The van der Waals surface area contributed by atoms with Gasteiger partial charge in [0.15, 0.2) is 0 Å². The predicted molar refractivity (Wildman–Crippen MR) is 180 cm³/mol.